The quantitative estimate of drug-likeness (QED) is 0.335. The van der Waals surface area contributed by atoms with Crippen molar-refractivity contribution in [2.75, 3.05) is 38.2 Å². The molecule has 0 aromatic heterocycles. The Bertz CT molecular complexity index is 407. The van der Waals surface area contributed by atoms with Crippen LogP contribution in [0.1, 0.15) is 12.8 Å². The van der Waals surface area contributed by atoms with Gasteiger partial charge in [-0.2, -0.15) is 0 Å². The Morgan fingerprint density at radius 3 is 2.67 bits per heavy atom. The molecule has 0 heterocycles. The Kier molecular flexibility index (Phi) is 5.38. The molecule has 0 bridgehead atoms. The molecule has 1 aromatic rings. The number of benzene rings is 1. The number of nitrogens with zero attached hydrogens (tertiary/aromatic N) is 2. The first kappa shape index (κ1) is 14.2. The van der Waals surface area contributed by atoms with Gasteiger partial charge in [0.2, 0.25) is 0 Å². The van der Waals surface area contributed by atoms with Gasteiger partial charge >= 0.3 is 0 Å². The molecule has 1 aromatic carbocycles. The van der Waals surface area contributed by atoms with E-state index in [1.807, 2.05) is 14.1 Å². The van der Waals surface area contributed by atoms with Crippen LogP contribution in [0.3, 0.4) is 0 Å². The summed E-state index contributed by atoms with van der Waals surface area (Å²) < 4.78 is 0. The van der Waals surface area contributed by atoms with Crippen molar-refractivity contribution in [1.82, 2.24) is 4.90 Å². The molecule has 0 unspecified atom stereocenters. The zero-order valence-electron chi connectivity index (χ0n) is 10.8. The van der Waals surface area contributed by atoms with Crippen LogP contribution in [0.5, 0.6) is 0 Å². The summed E-state index contributed by atoms with van der Waals surface area (Å²) >= 11 is 0. The SMILES string of the molecule is CN(C)CCCCNc1cc(N)cc([N+](=O)[O-])c1. The summed E-state index contributed by atoms with van der Waals surface area (Å²) in [5.74, 6) is 0. The molecule has 0 amide bonds. The van der Waals surface area contributed by atoms with E-state index in [2.05, 4.69) is 10.2 Å². The van der Waals surface area contributed by atoms with Crippen molar-refractivity contribution in [2.24, 2.45) is 0 Å². The maximum Gasteiger partial charge on any atom is 0.273 e. The number of nitro benzene ring substituents is 1. The normalized spacial score (nSPS) is 10.6. The third-order valence-corrected chi connectivity index (χ3v) is 2.51. The zero-order chi connectivity index (χ0) is 13.5. The molecule has 100 valence electrons. The first-order valence-electron chi connectivity index (χ1n) is 5.92. The fraction of sp³-hybridized carbons (Fsp3) is 0.500. The lowest BCUT2D eigenvalue weighted by molar-refractivity contribution is -0.384. The van der Waals surface area contributed by atoms with Crippen LogP contribution in [0.25, 0.3) is 0 Å². The highest BCUT2D eigenvalue weighted by atomic mass is 16.6. The Balaban J connectivity index is 2.44. The van der Waals surface area contributed by atoms with Gasteiger partial charge < -0.3 is 16.0 Å². The summed E-state index contributed by atoms with van der Waals surface area (Å²) in [4.78, 5) is 12.4. The molecule has 6 nitrogen and oxygen atoms in total. The zero-order valence-corrected chi connectivity index (χ0v) is 10.8. The minimum atomic E-state index is -0.437. The van der Waals surface area contributed by atoms with Gasteiger partial charge in [-0.25, -0.2) is 0 Å². The van der Waals surface area contributed by atoms with Crippen LogP contribution in [0.4, 0.5) is 17.1 Å². The van der Waals surface area contributed by atoms with E-state index in [1.165, 1.54) is 12.1 Å². The number of hydrogen-bond donors (Lipinski definition) is 2. The van der Waals surface area contributed by atoms with Crippen molar-refractivity contribution in [1.29, 1.82) is 0 Å². The maximum absolute atomic E-state index is 10.7. The lowest BCUT2D eigenvalue weighted by atomic mass is 10.2. The molecule has 0 aliphatic carbocycles. The van der Waals surface area contributed by atoms with E-state index in [4.69, 9.17) is 5.73 Å². The summed E-state index contributed by atoms with van der Waals surface area (Å²) in [6.45, 7) is 1.83. The number of nitrogen functional groups attached to an aromatic ring is 1. The lowest BCUT2D eigenvalue weighted by Gasteiger charge is -2.10. The molecular weight excluding hydrogens is 232 g/mol. The largest absolute Gasteiger partial charge is 0.398 e. The van der Waals surface area contributed by atoms with Gasteiger partial charge in [0.1, 0.15) is 0 Å². The Hall–Kier alpha value is -1.82. The number of nitrogens with one attached hydrogen (secondary N) is 1. The number of nitro groups is 1. The number of unbranched alkanes of at least 4 members (excludes halogenated alkanes) is 1. The summed E-state index contributed by atoms with van der Waals surface area (Å²) in [5, 5.41) is 13.8. The molecule has 0 fully saturated rings. The van der Waals surface area contributed by atoms with E-state index < -0.39 is 4.92 Å². The molecule has 1 rings (SSSR count). The summed E-state index contributed by atoms with van der Waals surface area (Å²) in [6.07, 6.45) is 2.10. The van der Waals surface area contributed by atoms with E-state index in [-0.39, 0.29) is 5.69 Å². The molecule has 6 heteroatoms. The van der Waals surface area contributed by atoms with Crippen molar-refractivity contribution < 1.29 is 4.92 Å². The fourth-order valence-electron chi connectivity index (χ4n) is 1.63. The molecule has 0 aliphatic heterocycles. The molecule has 0 saturated heterocycles. The second kappa shape index (κ2) is 6.80. The Morgan fingerprint density at radius 1 is 1.33 bits per heavy atom. The second-order valence-electron chi connectivity index (χ2n) is 4.51. The van der Waals surface area contributed by atoms with Gasteiger partial charge in [0.15, 0.2) is 0 Å². The molecule has 0 radical (unpaired) electrons. The molecule has 0 aliphatic rings. The molecule has 0 saturated carbocycles. The number of rotatable bonds is 7. The van der Waals surface area contributed by atoms with Crippen LogP contribution >= 0.6 is 0 Å². The van der Waals surface area contributed by atoms with E-state index in [0.717, 1.165) is 25.9 Å². The fourth-order valence-corrected chi connectivity index (χ4v) is 1.63. The highest BCUT2D eigenvalue weighted by Gasteiger charge is 2.07. The maximum atomic E-state index is 10.7. The van der Waals surface area contributed by atoms with Gasteiger partial charge in [0.25, 0.3) is 5.69 Å². The van der Waals surface area contributed by atoms with E-state index >= 15 is 0 Å². The van der Waals surface area contributed by atoms with Gasteiger partial charge in [0.05, 0.1) is 4.92 Å². The number of anilines is 2. The van der Waals surface area contributed by atoms with Crippen molar-refractivity contribution in [2.45, 2.75) is 12.8 Å². The molecule has 0 spiro atoms. The van der Waals surface area contributed by atoms with Crippen LogP contribution in [-0.2, 0) is 0 Å². The van der Waals surface area contributed by atoms with Crippen LogP contribution in [0, 0.1) is 10.1 Å². The average Bonchev–Trinajstić information content (AvgIpc) is 2.27. The van der Waals surface area contributed by atoms with Crippen molar-refractivity contribution >= 4 is 17.1 Å². The van der Waals surface area contributed by atoms with Crippen LogP contribution < -0.4 is 11.1 Å². The van der Waals surface area contributed by atoms with Crippen LogP contribution in [0.2, 0.25) is 0 Å². The Labute approximate surface area is 107 Å². The van der Waals surface area contributed by atoms with Gasteiger partial charge in [0, 0.05) is 30.1 Å². The van der Waals surface area contributed by atoms with Crippen molar-refractivity contribution in [3.05, 3.63) is 28.3 Å². The average molecular weight is 252 g/mol. The third-order valence-electron chi connectivity index (χ3n) is 2.51. The number of nitrogens with two attached hydrogens (primary N) is 1. The summed E-state index contributed by atoms with van der Waals surface area (Å²) in [5.41, 5.74) is 6.74. The topological polar surface area (TPSA) is 84.4 Å². The van der Waals surface area contributed by atoms with Crippen LogP contribution in [-0.4, -0.2) is 37.0 Å². The summed E-state index contributed by atoms with van der Waals surface area (Å²) in [7, 11) is 4.07. The van der Waals surface area contributed by atoms with Gasteiger partial charge in [-0.05, 0) is 39.5 Å². The third kappa shape index (κ3) is 5.01. The lowest BCUT2D eigenvalue weighted by Crippen LogP contribution is -2.14. The summed E-state index contributed by atoms with van der Waals surface area (Å²) in [6, 6.07) is 4.57. The number of non-ortho nitro benzene ring substituents is 1. The van der Waals surface area contributed by atoms with Crippen LogP contribution in [0.15, 0.2) is 18.2 Å². The molecule has 18 heavy (non-hydrogen) atoms. The highest BCUT2D eigenvalue weighted by molar-refractivity contribution is 5.61. The minimum absolute atomic E-state index is 0.0193. The van der Waals surface area contributed by atoms with E-state index in [1.54, 1.807) is 6.07 Å². The standard InChI is InChI=1S/C12H20N4O2/c1-15(2)6-4-3-5-14-11-7-10(13)8-12(9-11)16(17)18/h7-9,14H,3-6,13H2,1-2H3. The first-order valence-corrected chi connectivity index (χ1v) is 5.92. The number of hydrogen-bond acceptors (Lipinski definition) is 5. The first-order chi connectivity index (χ1) is 8.49. The van der Waals surface area contributed by atoms with Crippen molar-refractivity contribution in [3.63, 3.8) is 0 Å². The molecular formula is C12H20N4O2. The monoisotopic (exact) mass is 252 g/mol. The smallest absolute Gasteiger partial charge is 0.273 e. The Morgan fingerprint density at radius 2 is 2.06 bits per heavy atom. The van der Waals surface area contributed by atoms with E-state index in [0.29, 0.717) is 11.4 Å². The van der Waals surface area contributed by atoms with Gasteiger partial charge in [-0.3, -0.25) is 10.1 Å². The minimum Gasteiger partial charge on any atom is -0.398 e. The predicted molar refractivity (Wildman–Crippen MR) is 73.8 cm³/mol. The highest BCUT2D eigenvalue weighted by Crippen LogP contribution is 2.22. The predicted octanol–water partition coefficient (Wildman–Crippen LogP) is 1.93. The van der Waals surface area contributed by atoms with Crippen molar-refractivity contribution in [3.8, 4) is 0 Å². The van der Waals surface area contributed by atoms with Gasteiger partial charge in [-0.1, -0.05) is 0 Å². The van der Waals surface area contributed by atoms with Gasteiger partial charge in [-0.15, -0.1) is 0 Å². The second-order valence-corrected chi connectivity index (χ2v) is 4.51. The molecule has 0 atom stereocenters. The molecule has 3 N–H and O–H groups in total. The van der Waals surface area contributed by atoms with E-state index in [9.17, 15) is 10.1 Å².